The van der Waals surface area contributed by atoms with E-state index >= 15 is 0 Å². The Bertz CT molecular complexity index is 642. The third-order valence-corrected chi connectivity index (χ3v) is 3.47. The number of hydrogen-bond acceptors (Lipinski definition) is 4. The molecule has 0 aliphatic rings. The Labute approximate surface area is 136 Å². The molecule has 2 rings (SSSR count). The zero-order valence-electron chi connectivity index (χ0n) is 12.1. The van der Waals surface area contributed by atoms with Crippen molar-refractivity contribution in [2.45, 2.75) is 6.61 Å². The number of carboxylic acid groups (broad SMARTS) is 1. The standard InChI is InChI=1S/C16H15BrO5/c1-20-13-7-12(17)8-14(21-2)15(13)22-9-10-3-5-11(6-4-10)16(18)19/h3-8H,9H2,1-2H3,(H,18,19). The van der Waals surface area contributed by atoms with Gasteiger partial charge in [0.2, 0.25) is 5.75 Å². The lowest BCUT2D eigenvalue weighted by Crippen LogP contribution is -2.01. The molecule has 2 aromatic carbocycles. The highest BCUT2D eigenvalue weighted by atomic mass is 79.9. The molecule has 116 valence electrons. The minimum Gasteiger partial charge on any atom is -0.493 e. The maximum atomic E-state index is 10.8. The van der Waals surface area contributed by atoms with Gasteiger partial charge in [0.15, 0.2) is 11.5 Å². The van der Waals surface area contributed by atoms with E-state index in [0.717, 1.165) is 10.0 Å². The largest absolute Gasteiger partial charge is 0.493 e. The van der Waals surface area contributed by atoms with Crippen molar-refractivity contribution in [3.8, 4) is 17.2 Å². The first-order chi connectivity index (χ1) is 10.5. The van der Waals surface area contributed by atoms with Gasteiger partial charge in [0.05, 0.1) is 19.8 Å². The van der Waals surface area contributed by atoms with Crippen molar-refractivity contribution in [3.05, 3.63) is 52.0 Å². The summed E-state index contributed by atoms with van der Waals surface area (Å²) in [7, 11) is 3.10. The average molecular weight is 367 g/mol. The lowest BCUT2D eigenvalue weighted by molar-refractivity contribution is 0.0697. The highest BCUT2D eigenvalue weighted by Crippen LogP contribution is 2.40. The molecule has 0 amide bonds. The van der Waals surface area contributed by atoms with Gasteiger partial charge in [-0.1, -0.05) is 28.1 Å². The van der Waals surface area contributed by atoms with Crippen LogP contribution in [0.2, 0.25) is 0 Å². The molecule has 5 nitrogen and oxygen atoms in total. The predicted octanol–water partition coefficient (Wildman–Crippen LogP) is 3.74. The van der Waals surface area contributed by atoms with Crippen LogP contribution < -0.4 is 14.2 Å². The van der Waals surface area contributed by atoms with Crippen molar-refractivity contribution < 1.29 is 24.1 Å². The predicted molar refractivity (Wildman–Crippen MR) is 85.0 cm³/mol. The summed E-state index contributed by atoms with van der Waals surface area (Å²) in [6.07, 6.45) is 0. The number of halogens is 1. The van der Waals surface area contributed by atoms with Crippen molar-refractivity contribution in [1.29, 1.82) is 0 Å². The van der Waals surface area contributed by atoms with Crippen LogP contribution in [-0.4, -0.2) is 25.3 Å². The SMILES string of the molecule is COc1cc(Br)cc(OC)c1OCc1ccc(C(=O)O)cc1. The summed E-state index contributed by atoms with van der Waals surface area (Å²) in [5, 5.41) is 8.88. The van der Waals surface area contributed by atoms with Crippen molar-refractivity contribution in [2.24, 2.45) is 0 Å². The van der Waals surface area contributed by atoms with Gasteiger partial charge in [-0.05, 0) is 29.8 Å². The number of carboxylic acids is 1. The first kappa shape index (κ1) is 16.2. The third kappa shape index (κ3) is 3.71. The number of aromatic carboxylic acids is 1. The zero-order valence-corrected chi connectivity index (χ0v) is 13.7. The molecule has 2 aromatic rings. The van der Waals surface area contributed by atoms with Gasteiger partial charge in [0, 0.05) is 4.47 Å². The first-order valence-corrected chi connectivity index (χ1v) is 7.21. The van der Waals surface area contributed by atoms with E-state index < -0.39 is 5.97 Å². The second-order valence-electron chi connectivity index (χ2n) is 4.43. The molecule has 0 radical (unpaired) electrons. The second kappa shape index (κ2) is 7.17. The number of rotatable bonds is 6. The number of hydrogen-bond donors (Lipinski definition) is 1. The van der Waals surface area contributed by atoms with Crippen LogP contribution in [0.15, 0.2) is 40.9 Å². The Kier molecular flexibility index (Phi) is 5.27. The summed E-state index contributed by atoms with van der Waals surface area (Å²) < 4.78 is 17.2. The molecule has 0 aliphatic carbocycles. The van der Waals surface area contributed by atoms with Crippen LogP contribution in [0.25, 0.3) is 0 Å². The van der Waals surface area contributed by atoms with E-state index in [1.54, 1.807) is 38.5 Å². The summed E-state index contributed by atoms with van der Waals surface area (Å²) in [5.41, 5.74) is 1.08. The monoisotopic (exact) mass is 366 g/mol. The van der Waals surface area contributed by atoms with Gasteiger partial charge in [0.25, 0.3) is 0 Å². The number of carbonyl (C=O) groups is 1. The van der Waals surface area contributed by atoms with Gasteiger partial charge in [-0.2, -0.15) is 0 Å². The van der Waals surface area contributed by atoms with E-state index in [1.807, 2.05) is 0 Å². The first-order valence-electron chi connectivity index (χ1n) is 6.41. The third-order valence-electron chi connectivity index (χ3n) is 3.01. The summed E-state index contributed by atoms with van der Waals surface area (Å²) in [4.78, 5) is 10.8. The fourth-order valence-electron chi connectivity index (χ4n) is 1.89. The lowest BCUT2D eigenvalue weighted by Gasteiger charge is -2.15. The zero-order chi connectivity index (χ0) is 16.1. The van der Waals surface area contributed by atoms with Crippen molar-refractivity contribution in [3.63, 3.8) is 0 Å². The van der Waals surface area contributed by atoms with Crippen LogP contribution >= 0.6 is 15.9 Å². The Morgan fingerprint density at radius 3 is 2.09 bits per heavy atom. The molecule has 22 heavy (non-hydrogen) atoms. The summed E-state index contributed by atoms with van der Waals surface area (Å²) in [6, 6.07) is 10.1. The van der Waals surface area contributed by atoms with Crippen molar-refractivity contribution >= 4 is 21.9 Å². The van der Waals surface area contributed by atoms with Crippen LogP contribution in [0.4, 0.5) is 0 Å². The summed E-state index contributed by atoms with van der Waals surface area (Å²) in [5.74, 6) is 0.640. The molecule has 6 heteroatoms. The van der Waals surface area contributed by atoms with Gasteiger partial charge in [0.1, 0.15) is 6.61 Å². The lowest BCUT2D eigenvalue weighted by atomic mass is 10.1. The minimum absolute atomic E-state index is 0.238. The van der Waals surface area contributed by atoms with Crippen LogP contribution in [-0.2, 0) is 6.61 Å². The summed E-state index contributed by atoms with van der Waals surface area (Å²) >= 11 is 3.38. The molecule has 0 aliphatic heterocycles. The molecule has 0 spiro atoms. The van der Waals surface area contributed by atoms with Crippen LogP contribution in [0, 0.1) is 0 Å². The minimum atomic E-state index is -0.955. The normalized spacial score (nSPS) is 10.1. The molecular weight excluding hydrogens is 352 g/mol. The molecule has 0 bridgehead atoms. The topological polar surface area (TPSA) is 65.0 Å². The molecule has 0 saturated heterocycles. The number of ether oxygens (including phenoxy) is 3. The molecule has 0 aromatic heterocycles. The fraction of sp³-hybridized carbons (Fsp3) is 0.188. The number of benzene rings is 2. The Balaban J connectivity index is 2.18. The molecular formula is C16H15BrO5. The van der Waals surface area contributed by atoms with E-state index in [0.29, 0.717) is 17.2 Å². The Morgan fingerprint density at radius 1 is 1.09 bits per heavy atom. The molecule has 0 unspecified atom stereocenters. The van der Waals surface area contributed by atoms with E-state index in [2.05, 4.69) is 15.9 Å². The molecule has 0 saturated carbocycles. The van der Waals surface area contributed by atoms with Crippen LogP contribution in [0.3, 0.4) is 0 Å². The van der Waals surface area contributed by atoms with Crippen LogP contribution in [0.1, 0.15) is 15.9 Å². The molecule has 0 fully saturated rings. The highest BCUT2D eigenvalue weighted by Gasteiger charge is 2.14. The van der Waals surface area contributed by atoms with Gasteiger partial charge in [-0.15, -0.1) is 0 Å². The Hall–Kier alpha value is -2.21. The molecule has 0 atom stereocenters. The van der Waals surface area contributed by atoms with Gasteiger partial charge in [-0.3, -0.25) is 0 Å². The average Bonchev–Trinajstić information content (AvgIpc) is 2.53. The molecule has 0 heterocycles. The summed E-state index contributed by atoms with van der Waals surface area (Å²) in [6.45, 7) is 0.272. The maximum Gasteiger partial charge on any atom is 0.335 e. The van der Waals surface area contributed by atoms with E-state index in [1.165, 1.54) is 12.1 Å². The smallest absolute Gasteiger partial charge is 0.335 e. The van der Waals surface area contributed by atoms with Crippen molar-refractivity contribution in [2.75, 3.05) is 14.2 Å². The van der Waals surface area contributed by atoms with E-state index in [-0.39, 0.29) is 12.2 Å². The van der Waals surface area contributed by atoms with E-state index in [4.69, 9.17) is 19.3 Å². The Morgan fingerprint density at radius 2 is 1.64 bits per heavy atom. The fourth-order valence-corrected chi connectivity index (χ4v) is 2.31. The number of methoxy groups -OCH3 is 2. The van der Waals surface area contributed by atoms with Gasteiger partial charge >= 0.3 is 5.97 Å². The quantitative estimate of drug-likeness (QED) is 0.843. The molecule has 1 N–H and O–H groups in total. The second-order valence-corrected chi connectivity index (χ2v) is 5.35. The highest BCUT2D eigenvalue weighted by molar-refractivity contribution is 9.10. The maximum absolute atomic E-state index is 10.8. The van der Waals surface area contributed by atoms with Gasteiger partial charge in [-0.25, -0.2) is 4.79 Å². The van der Waals surface area contributed by atoms with Gasteiger partial charge < -0.3 is 19.3 Å². The van der Waals surface area contributed by atoms with E-state index in [9.17, 15) is 4.79 Å². The van der Waals surface area contributed by atoms with Crippen LogP contribution in [0.5, 0.6) is 17.2 Å². The van der Waals surface area contributed by atoms with Crippen molar-refractivity contribution in [1.82, 2.24) is 0 Å².